The van der Waals surface area contributed by atoms with Gasteiger partial charge in [0.1, 0.15) is 0 Å². The Balaban J connectivity index is 2.06. The van der Waals surface area contributed by atoms with E-state index >= 15 is 0 Å². The standard InChI is InChI=1S/C15H19N3O2/c1-15(2,19)6-8-20-14-9-11(5-7-17-14)13-4-3-12(16)10-18-13/h3-5,7,9-10,19H,6,8,16H2,1-2H3. The van der Waals surface area contributed by atoms with Crippen LogP contribution in [0.2, 0.25) is 0 Å². The maximum atomic E-state index is 9.63. The molecule has 2 heterocycles. The van der Waals surface area contributed by atoms with E-state index in [4.69, 9.17) is 10.5 Å². The first-order valence-electron chi connectivity index (χ1n) is 6.47. The van der Waals surface area contributed by atoms with Crippen molar-refractivity contribution in [2.45, 2.75) is 25.9 Å². The summed E-state index contributed by atoms with van der Waals surface area (Å²) in [5, 5.41) is 9.63. The lowest BCUT2D eigenvalue weighted by atomic mass is 10.1. The van der Waals surface area contributed by atoms with E-state index in [2.05, 4.69) is 9.97 Å². The third-order valence-electron chi connectivity index (χ3n) is 2.78. The van der Waals surface area contributed by atoms with Gasteiger partial charge in [-0.1, -0.05) is 0 Å². The van der Waals surface area contributed by atoms with Crippen molar-refractivity contribution in [2.24, 2.45) is 0 Å². The summed E-state index contributed by atoms with van der Waals surface area (Å²) in [5.74, 6) is 0.519. The number of hydrogen-bond acceptors (Lipinski definition) is 5. The van der Waals surface area contributed by atoms with Gasteiger partial charge in [-0.15, -0.1) is 0 Å². The molecule has 106 valence electrons. The summed E-state index contributed by atoms with van der Waals surface area (Å²) >= 11 is 0. The van der Waals surface area contributed by atoms with Crippen LogP contribution >= 0.6 is 0 Å². The molecule has 0 unspecified atom stereocenters. The Bertz CT molecular complexity index is 562. The van der Waals surface area contributed by atoms with Crippen LogP contribution in [0.5, 0.6) is 5.88 Å². The molecule has 0 aromatic carbocycles. The highest BCUT2D eigenvalue weighted by Crippen LogP contribution is 2.21. The van der Waals surface area contributed by atoms with Crippen molar-refractivity contribution in [3.8, 4) is 17.1 Å². The minimum atomic E-state index is -0.740. The van der Waals surface area contributed by atoms with E-state index in [-0.39, 0.29) is 0 Å². The zero-order chi connectivity index (χ0) is 14.6. The molecule has 0 fully saturated rings. The fourth-order valence-electron chi connectivity index (χ4n) is 1.63. The molecule has 0 atom stereocenters. The number of aromatic nitrogens is 2. The first-order valence-corrected chi connectivity index (χ1v) is 6.47. The van der Waals surface area contributed by atoms with Crippen molar-refractivity contribution < 1.29 is 9.84 Å². The SMILES string of the molecule is CC(C)(O)CCOc1cc(-c2ccc(N)cn2)ccn1. The van der Waals surface area contributed by atoms with Gasteiger partial charge in [0.15, 0.2) is 0 Å². The Morgan fingerprint density at radius 1 is 1.25 bits per heavy atom. The van der Waals surface area contributed by atoms with Crippen LogP contribution in [0.3, 0.4) is 0 Å². The Kier molecular flexibility index (Phi) is 4.20. The van der Waals surface area contributed by atoms with Crippen LogP contribution in [0.25, 0.3) is 11.3 Å². The molecule has 0 spiro atoms. The van der Waals surface area contributed by atoms with Crippen LogP contribution in [0.15, 0.2) is 36.7 Å². The molecule has 0 aliphatic rings. The Morgan fingerprint density at radius 2 is 2.05 bits per heavy atom. The van der Waals surface area contributed by atoms with Crippen molar-refractivity contribution in [3.05, 3.63) is 36.7 Å². The monoisotopic (exact) mass is 273 g/mol. The molecule has 0 saturated carbocycles. The zero-order valence-electron chi connectivity index (χ0n) is 11.7. The molecule has 3 N–H and O–H groups in total. The van der Waals surface area contributed by atoms with Gasteiger partial charge in [-0.3, -0.25) is 4.98 Å². The average Bonchev–Trinajstić information content (AvgIpc) is 2.38. The van der Waals surface area contributed by atoms with Crippen LogP contribution in [0.1, 0.15) is 20.3 Å². The number of hydrogen-bond donors (Lipinski definition) is 2. The number of pyridine rings is 2. The van der Waals surface area contributed by atoms with Gasteiger partial charge in [0.25, 0.3) is 0 Å². The van der Waals surface area contributed by atoms with Crippen LogP contribution < -0.4 is 10.5 Å². The highest BCUT2D eigenvalue weighted by atomic mass is 16.5. The highest BCUT2D eigenvalue weighted by Gasteiger charge is 2.12. The molecule has 2 rings (SSSR count). The molecule has 5 heteroatoms. The average molecular weight is 273 g/mol. The third kappa shape index (κ3) is 4.20. The van der Waals surface area contributed by atoms with Crippen molar-refractivity contribution in [2.75, 3.05) is 12.3 Å². The molecule has 5 nitrogen and oxygen atoms in total. The van der Waals surface area contributed by atoms with Gasteiger partial charge >= 0.3 is 0 Å². The number of nitrogen functional groups attached to an aromatic ring is 1. The Labute approximate surface area is 118 Å². The molecule has 0 aliphatic carbocycles. The van der Waals surface area contributed by atoms with Gasteiger partial charge in [-0.05, 0) is 32.0 Å². The molecule has 2 aromatic heterocycles. The molecule has 0 radical (unpaired) electrons. The van der Waals surface area contributed by atoms with Crippen molar-refractivity contribution in [3.63, 3.8) is 0 Å². The lowest BCUT2D eigenvalue weighted by molar-refractivity contribution is 0.0547. The second-order valence-corrected chi connectivity index (χ2v) is 5.27. The first-order chi connectivity index (χ1) is 9.44. The fraction of sp³-hybridized carbons (Fsp3) is 0.333. The number of anilines is 1. The van der Waals surface area contributed by atoms with Crippen LogP contribution in [0.4, 0.5) is 5.69 Å². The molecule has 20 heavy (non-hydrogen) atoms. The second-order valence-electron chi connectivity index (χ2n) is 5.27. The molecule has 0 aliphatic heterocycles. The van der Waals surface area contributed by atoms with Gasteiger partial charge in [0.05, 0.1) is 29.8 Å². The van der Waals surface area contributed by atoms with Crippen LogP contribution in [0, 0.1) is 0 Å². The third-order valence-corrected chi connectivity index (χ3v) is 2.78. The van der Waals surface area contributed by atoms with Gasteiger partial charge in [-0.2, -0.15) is 0 Å². The minimum absolute atomic E-state index is 0.412. The minimum Gasteiger partial charge on any atom is -0.478 e. The maximum absolute atomic E-state index is 9.63. The number of nitrogens with two attached hydrogens (primary N) is 1. The lowest BCUT2D eigenvalue weighted by Gasteiger charge is -2.16. The van der Waals surface area contributed by atoms with Crippen LogP contribution in [-0.4, -0.2) is 27.3 Å². The predicted molar refractivity (Wildman–Crippen MR) is 78.3 cm³/mol. The summed E-state index contributed by atoms with van der Waals surface area (Å²) in [6.45, 7) is 3.91. The largest absolute Gasteiger partial charge is 0.478 e. The molecule has 0 amide bonds. The van der Waals surface area contributed by atoms with E-state index in [1.165, 1.54) is 0 Å². The quantitative estimate of drug-likeness (QED) is 0.873. The first kappa shape index (κ1) is 14.3. The van der Waals surface area contributed by atoms with Gasteiger partial charge in [0, 0.05) is 24.2 Å². The molecular weight excluding hydrogens is 254 g/mol. The highest BCUT2D eigenvalue weighted by molar-refractivity contribution is 5.61. The summed E-state index contributed by atoms with van der Waals surface area (Å²) in [6.07, 6.45) is 3.83. The number of rotatable bonds is 5. The summed E-state index contributed by atoms with van der Waals surface area (Å²) in [5.41, 5.74) is 7.24. The molecule has 2 aromatic rings. The molecule has 0 bridgehead atoms. The summed E-state index contributed by atoms with van der Waals surface area (Å²) < 4.78 is 5.54. The second kappa shape index (κ2) is 5.88. The number of aliphatic hydroxyl groups is 1. The van der Waals surface area contributed by atoms with Gasteiger partial charge < -0.3 is 15.6 Å². The van der Waals surface area contributed by atoms with Gasteiger partial charge in [0.2, 0.25) is 5.88 Å². The summed E-state index contributed by atoms with van der Waals surface area (Å²) in [6, 6.07) is 7.34. The van der Waals surface area contributed by atoms with Crippen LogP contribution in [-0.2, 0) is 0 Å². The zero-order valence-corrected chi connectivity index (χ0v) is 11.7. The van der Waals surface area contributed by atoms with E-state index < -0.39 is 5.60 Å². The van der Waals surface area contributed by atoms with E-state index in [1.54, 1.807) is 32.3 Å². The number of ether oxygens (including phenoxy) is 1. The lowest BCUT2D eigenvalue weighted by Crippen LogP contribution is -2.21. The van der Waals surface area contributed by atoms with Crippen molar-refractivity contribution in [1.82, 2.24) is 9.97 Å². The maximum Gasteiger partial charge on any atom is 0.213 e. The Morgan fingerprint density at radius 3 is 2.70 bits per heavy atom. The number of nitrogens with zero attached hydrogens (tertiary/aromatic N) is 2. The summed E-state index contributed by atoms with van der Waals surface area (Å²) in [4.78, 5) is 8.41. The summed E-state index contributed by atoms with van der Waals surface area (Å²) in [7, 11) is 0. The predicted octanol–water partition coefficient (Wildman–Crippen LogP) is 2.27. The Hall–Kier alpha value is -2.14. The van der Waals surface area contributed by atoms with Crippen molar-refractivity contribution in [1.29, 1.82) is 0 Å². The van der Waals surface area contributed by atoms with Crippen molar-refractivity contribution >= 4 is 5.69 Å². The fourth-order valence-corrected chi connectivity index (χ4v) is 1.63. The van der Waals surface area contributed by atoms with E-state index in [1.807, 2.05) is 18.2 Å². The van der Waals surface area contributed by atoms with E-state index in [0.29, 0.717) is 24.6 Å². The normalized spacial score (nSPS) is 11.3. The van der Waals surface area contributed by atoms with E-state index in [9.17, 15) is 5.11 Å². The molecular formula is C15H19N3O2. The van der Waals surface area contributed by atoms with E-state index in [0.717, 1.165) is 11.3 Å². The smallest absolute Gasteiger partial charge is 0.213 e. The topological polar surface area (TPSA) is 81.3 Å². The van der Waals surface area contributed by atoms with Gasteiger partial charge in [-0.25, -0.2) is 4.98 Å². The molecule has 0 saturated heterocycles.